The van der Waals surface area contributed by atoms with Crippen molar-refractivity contribution in [2.24, 2.45) is 17.8 Å². The van der Waals surface area contributed by atoms with E-state index in [1.807, 2.05) is 13.8 Å². The molecule has 0 fully saturated rings. The first kappa shape index (κ1) is 23.4. The Kier molecular flexibility index (Phi) is 12.4. The van der Waals surface area contributed by atoms with Gasteiger partial charge in [0, 0.05) is 13.0 Å². The van der Waals surface area contributed by atoms with Crippen molar-refractivity contribution in [3.63, 3.8) is 0 Å². The minimum absolute atomic E-state index is 0.0746. The van der Waals surface area contributed by atoms with E-state index in [2.05, 4.69) is 34.6 Å². The van der Waals surface area contributed by atoms with E-state index in [9.17, 15) is 4.79 Å². The van der Waals surface area contributed by atoms with E-state index in [0.29, 0.717) is 24.9 Å². The summed E-state index contributed by atoms with van der Waals surface area (Å²) in [4.78, 5) is 23.1. The average Bonchev–Trinajstić information content (AvgIpc) is 2.49. The van der Waals surface area contributed by atoms with Crippen molar-refractivity contribution in [3.05, 3.63) is 6.61 Å². The van der Waals surface area contributed by atoms with Crippen LogP contribution >= 0.6 is 0 Å². The molecule has 0 aliphatic heterocycles. The lowest BCUT2D eigenvalue weighted by atomic mass is 9.91. The number of rotatable bonds is 14. The summed E-state index contributed by atoms with van der Waals surface area (Å²) in [6.07, 6.45) is 5.16. The Hall–Kier alpha value is -0.610. The van der Waals surface area contributed by atoms with E-state index in [1.165, 1.54) is 0 Å². The predicted octanol–water partition coefficient (Wildman–Crippen LogP) is 5.71. The van der Waals surface area contributed by atoms with E-state index in [-0.39, 0.29) is 11.9 Å². The lowest BCUT2D eigenvalue weighted by molar-refractivity contribution is -0.336. The maximum Gasteiger partial charge on any atom is 0.345 e. The third kappa shape index (κ3) is 11.0. The van der Waals surface area contributed by atoms with Gasteiger partial charge in [-0.2, -0.15) is 4.89 Å². The van der Waals surface area contributed by atoms with Crippen molar-refractivity contribution < 1.29 is 19.3 Å². The van der Waals surface area contributed by atoms with Gasteiger partial charge >= 0.3 is 5.97 Å². The molecule has 0 rings (SSSR count). The summed E-state index contributed by atoms with van der Waals surface area (Å²) in [6.45, 7) is 17.1. The summed E-state index contributed by atoms with van der Waals surface area (Å²) in [5.74, 6) is 0.605. The van der Waals surface area contributed by atoms with Gasteiger partial charge in [-0.1, -0.05) is 54.4 Å². The van der Waals surface area contributed by atoms with Crippen molar-refractivity contribution in [2.75, 3.05) is 6.61 Å². The fourth-order valence-electron chi connectivity index (χ4n) is 2.66. The molecule has 2 unspecified atom stereocenters. The highest BCUT2D eigenvalue weighted by Crippen LogP contribution is 2.27. The second-order valence-corrected chi connectivity index (χ2v) is 7.88. The average molecular weight is 344 g/mol. The highest BCUT2D eigenvalue weighted by molar-refractivity contribution is 5.71. The van der Waals surface area contributed by atoms with Crippen LogP contribution in [0.5, 0.6) is 0 Å². The largest absolute Gasteiger partial charge is 0.375 e. The van der Waals surface area contributed by atoms with Crippen LogP contribution in [0.25, 0.3) is 0 Å². The molecule has 4 nitrogen and oxygen atoms in total. The first-order valence-corrected chi connectivity index (χ1v) is 9.56. The van der Waals surface area contributed by atoms with Gasteiger partial charge < -0.3 is 4.74 Å². The van der Waals surface area contributed by atoms with Crippen molar-refractivity contribution in [3.8, 4) is 0 Å². The normalized spacial score (nSPS) is 15.5. The Balaban J connectivity index is 4.50. The molecule has 0 aromatic rings. The van der Waals surface area contributed by atoms with E-state index < -0.39 is 5.60 Å². The molecule has 0 heterocycles. The summed E-state index contributed by atoms with van der Waals surface area (Å²) in [6, 6.07) is 0. The summed E-state index contributed by atoms with van der Waals surface area (Å²) < 4.78 is 5.56. The van der Waals surface area contributed by atoms with Crippen molar-refractivity contribution in [2.45, 2.75) is 92.6 Å². The monoisotopic (exact) mass is 343 g/mol. The van der Waals surface area contributed by atoms with Crippen LogP contribution in [-0.4, -0.2) is 18.2 Å². The van der Waals surface area contributed by atoms with Gasteiger partial charge in [-0.05, 0) is 38.0 Å². The maximum atomic E-state index is 12.2. The molecule has 143 valence electrons. The molecule has 0 aromatic carbocycles. The Bertz CT molecular complexity index is 328. The van der Waals surface area contributed by atoms with Gasteiger partial charge in [-0.25, -0.2) is 4.79 Å². The second-order valence-electron chi connectivity index (χ2n) is 7.88. The van der Waals surface area contributed by atoms with E-state index in [0.717, 1.165) is 32.1 Å². The van der Waals surface area contributed by atoms with Crippen molar-refractivity contribution in [1.29, 1.82) is 0 Å². The summed E-state index contributed by atoms with van der Waals surface area (Å²) in [5, 5.41) is 0. The highest BCUT2D eigenvalue weighted by atomic mass is 17.2. The first-order chi connectivity index (χ1) is 11.2. The van der Waals surface area contributed by atoms with E-state index in [1.54, 1.807) is 6.61 Å². The van der Waals surface area contributed by atoms with Crippen LogP contribution in [0.2, 0.25) is 0 Å². The number of hydrogen-bond acceptors (Lipinski definition) is 4. The Labute approximate surface area is 149 Å². The molecule has 0 saturated carbocycles. The smallest absolute Gasteiger partial charge is 0.345 e. The Morgan fingerprint density at radius 3 is 2.29 bits per heavy atom. The zero-order chi connectivity index (χ0) is 18.6. The third-order valence-electron chi connectivity index (χ3n) is 3.96. The minimum Gasteiger partial charge on any atom is -0.375 e. The zero-order valence-corrected chi connectivity index (χ0v) is 16.9. The van der Waals surface area contributed by atoms with Crippen LogP contribution in [-0.2, 0) is 19.3 Å². The Morgan fingerprint density at radius 1 is 1.12 bits per heavy atom. The van der Waals surface area contributed by atoms with Gasteiger partial charge in [0.1, 0.15) is 5.60 Å². The number of hydrogen-bond donors (Lipinski definition) is 0. The summed E-state index contributed by atoms with van der Waals surface area (Å²) in [5.41, 5.74) is -0.552. The summed E-state index contributed by atoms with van der Waals surface area (Å²) in [7, 11) is 0. The molecule has 0 aliphatic rings. The quantitative estimate of drug-likeness (QED) is 0.230. The molecule has 0 N–H and O–H groups in total. The number of ether oxygens (including phenoxy) is 1. The molecule has 0 spiro atoms. The van der Waals surface area contributed by atoms with Crippen LogP contribution in [0.4, 0.5) is 0 Å². The molecule has 0 saturated heterocycles. The Morgan fingerprint density at radius 2 is 1.79 bits per heavy atom. The molecular weight excluding hydrogens is 304 g/mol. The first-order valence-electron chi connectivity index (χ1n) is 9.56. The molecule has 0 aromatic heterocycles. The number of unbranched alkanes of at least 4 members (excludes halogenated alkanes) is 1. The van der Waals surface area contributed by atoms with Crippen molar-refractivity contribution in [1.82, 2.24) is 0 Å². The molecule has 1 radical (unpaired) electrons. The molecule has 24 heavy (non-hydrogen) atoms. The highest BCUT2D eigenvalue weighted by Gasteiger charge is 2.31. The number of carbonyl (C=O) groups excluding carboxylic acids is 1. The fraction of sp³-hybridized carbons (Fsp3) is 0.900. The van der Waals surface area contributed by atoms with Crippen LogP contribution in [0.15, 0.2) is 0 Å². The predicted molar refractivity (Wildman–Crippen MR) is 98.1 cm³/mol. The molecule has 2 atom stereocenters. The van der Waals surface area contributed by atoms with Crippen molar-refractivity contribution >= 4 is 5.97 Å². The van der Waals surface area contributed by atoms with Gasteiger partial charge in [0.2, 0.25) is 0 Å². The fourth-order valence-corrected chi connectivity index (χ4v) is 2.66. The molecule has 4 heteroatoms. The van der Waals surface area contributed by atoms with Crippen LogP contribution in [0, 0.1) is 24.4 Å². The zero-order valence-electron chi connectivity index (χ0n) is 16.9. The minimum atomic E-state index is -0.552. The van der Waals surface area contributed by atoms with Gasteiger partial charge in [0.25, 0.3) is 0 Å². The standard InChI is InChI=1S/C20H39O4/c1-8-10-11-18(9-2)19(21)23-24-20(7,14-16(3)4)12-13-22-15-17(5)6/h13,16-18H,8-12,14-15H2,1-7H3. The van der Waals surface area contributed by atoms with Gasteiger partial charge in [-0.15, -0.1) is 0 Å². The van der Waals surface area contributed by atoms with Gasteiger partial charge in [0.15, 0.2) is 0 Å². The molecule has 0 amide bonds. The van der Waals surface area contributed by atoms with E-state index >= 15 is 0 Å². The molecule has 0 aliphatic carbocycles. The molecular formula is C20H39O4. The SMILES string of the molecule is CCCCC(CC)C(=O)OOC(C)(C[CH]OCC(C)C)CC(C)C. The number of carbonyl (C=O) groups is 1. The lowest BCUT2D eigenvalue weighted by Gasteiger charge is -2.29. The van der Waals surface area contributed by atoms with Gasteiger partial charge in [-0.3, -0.25) is 4.89 Å². The molecule has 0 bridgehead atoms. The van der Waals surface area contributed by atoms with Crippen LogP contribution in [0.1, 0.15) is 87.0 Å². The van der Waals surface area contributed by atoms with E-state index in [4.69, 9.17) is 14.5 Å². The third-order valence-corrected chi connectivity index (χ3v) is 3.96. The van der Waals surface area contributed by atoms with Gasteiger partial charge in [0.05, 0.1) is 12.5 Å². The second kappa shape index (κ2) is 12.7. The maximum absolute atomic E-state index is 12.2. The topological polar surface area (TPSA) is 44.8 Å². The van der Waals surface area contributed by atoms with Crippen LogP contribution < -0.4 is 0 Å². The van der Waals surface area contributed by atoms with Crippen LogP contribution in [0.3, 0.4) is 0 Å². The summed E-state index contributed by atoms with van der Waals surface area (Å²) >= 11 is 0. The lowest BCUT2D eigenvalue weighted by Crippen LogP contribution is -2.33.